The minimum absolute atomic E-state index is 0.0865. The van der Waals surface area contributed by atoms with Crippen molar-refractivity contribution in [3.8, 4) is 5.75 Å². The highest BCUT2D eigenvalue weighted by Gasteiger charge is 2.19. The monoisotopic (exact) mass is 288 g/mol. The Labute approximate surface area is 121 Å². The minimum Gasteiger partial charge on any atom is -0.504 e. The van der Waals surface area contributed by atoms with Gasteiger partial charge in [-0.1, -0.05) is 5.21 Å². The molecule has 8 heteroatoms. The summed E-state index contributed by atoms with van der Waals surface area (Å²) in [6.45, 7) is 1.88. The number of aromatic nitrogens is 4. The van der Waals surface area contributed by atoms with Crippen molar-refractivity contribution < 1.29 is 9.90 Å². The zero-order chi connectivity index (χ0) is 14.7. The van der Waals surface area contributed by atoms with Crippen LogP contribution < -0.4 is 10.6 Å². The Morgan fingerprint density at radius 2 is 2.24 bits per heavy atom. The number of hydrogen-bond acceptors (Lipinski definition) is 6. The van der Waals surface area contributed by atoms with Crippen LogP contribution in [0.3, 0.4) is 0 Å². The normalized spacial score (nSPS) is 15.8. The Bertz CT molecular complexity index is 635. The summed E-state index contributed by atoms with van der Waals surface area (Å²) in [4.78, 5) is 16.0. The van der Waals surface area contributed by atoms with Gasteiger partial charge in [0.2, 0.25) is 0 Å². The van der Waals surface area contributed by atoms with Crippen molar-refractivity contribution in [3.63, 3.8) is 0 Å². The fourth-order valence-electron chi connectivity index (χ4n) is 2.30. The number of rotatable bonds is 3. The van der Waals surface area contributed by atoms with Gasteiger partial charge in [-0.05, 0) is 38.1 Å². The molecule has 0 radical (unpaired) electrons. The zero-order valence-electron chi connectivity index (χ0n) is 11.4. The second-order valence-electron chi connectivity index (χ2n) is 4.89. The predicted molar refractivity (Wildman–Crippen MR) is 75.0 cm³/mol. The SMILES string of the molecule is O=C(Nc1ncccc1O)c1cn(C2CCNCC2)nn1. The van der Waals surface area contributed by atoms with E-state index in [2.05, 4.69) is 25.9 Å². The van der Waals surface area contributed by atoms with E-state index in [0.717, 1.165) is 25.9 Å². The quantitative estimate of drug-likeness (QED) is 0.762. The van der Waals surface area contributed by atoms with Crippen LogP contribution in [0.1, 0.15) is 29.4 Å². The lowest BCUT2D eigenvalue weighted by Crippen LogP contribution is -2.29. The Morgan fingerprint density at radius 1 is 1.43 bits per heavy atom. The molecule has 3 N–H and O–H groups in total. The maximum atomic E-state index is 12.1. The molecule has 110 valence electrons. The number of nitrogens with zero attached hydrogens (tertiary/aromatic N) is 4. The van der Waals surface area contributed by atoms with Crippen molar-refractivity contribution in [2.75, 3.05) is 18.4 Å². The molecule has 2 aromatic heterocycles. The summed E-state index contributed by atoms with van der Waals surface area (Å²) in [6, 6.07) is 3.30. The van der Waals surface area contributed by atoms with Crippen LogP contribution >= 0.6 is 0 Å². The van der Waals surface area contributed by atoms with Crippen molar-refractivity contribution in [1.82, 2.24) is 25.3 Å². The lowest BCUT2D eigenvalue weighted by molar-refractivity contribution is 0.102. The van der Waals surface area contributed by atoms with E-state index in [1.165, 1.54) is 12.3 Å². The Balaban J connectivity index is 1.71. The van der Waals surface area contributed by atoms with Crippen molar-refractivity contribution in [2.24, 2.45) is 0 Å². The number of anilines is 1. The van der Waals surface area contributed by atoms with E-state index in [-0.39, 0.29) is 23.3 Å². The van der Waals surface area contributed by atoms with Gasteiger partial charge in [0.1, 0.15) is 0 Å². The molecule has 1 saturated heterocycles. The molecule has 0 aliphatic carbocycles. The number of aromatic hydroxyl groups is 1. The zero-order valence-corrected chi connectivity index (χ0v) is 11.4. The number of piperidine rings is 1. The molecule has 1 amide bonds. The highest BCUT2D eigenvalue weighted by Crippen LogP contribution is 2.20. The summed E-state index contributed by atoms with van der Waals surface area (Å²) >= 11 is 0. The number of hydrogen-bond donors (Lipinski definition) is 3. The molecule has 1 aliphatic heterocycles. The number of nitrogens with one attached hydrogen (secondary N) is 2. The van der Waals surface area contributed by atoms with E-state index >= 15 is 0 Å². The van der Waals surface area contributed by atoms with Gasteiger partial charge in [0.25, 0.3) is 5.91 Å². The molecule has 8 nitrogen and oxygen atoms in total. The van der Waals surface area contributed by atoms with Crippen molar-refractivity contribution in [2.45, 2.75) is 18.9 Å². The third kappa shape index (κ3) is 3.00. The predicted octanol–water partition coefficient (Wildman–Crippen LogP) is 0.555. The molecule has 0 atom stereocenters. The first-order chi connectivity index (χ1) is 10.2. The van der Waals surface area contributed by atoms with Gasteiger partial charge in [-0.3, -0.25) is 4.79 Å². The second-order valence-corrected chi connectivity index (χ2v) is 4.89. The lowest BCUT2D eigenvalue weighted by Gasteiger charge is -2.22. The maximum Gasteiger partial charge on any atom is 0.279 e. The average molecular weight is 288 g/mol. The van der Waals surface area contributed by atoms with Crippen LogP contribution in [0.15, 0.2) is 24.5 Å². The van der Waals surface area contributed by atoms with Gasteiger partial charge in [0, 0.05) is 6.20 Å². The molecule has 3 rings (SSSR count). The largest absolute Gasteiger partial charge is 0.504 e. The summed E-state index contributed by atoms with van der Waals surface area (Å²) in [7, 11) is 0. The van der Waals surface area contributed by atoms with E-state index in [0.29, 0.717) is 0 Å². The van der Waals surface area contributed by atoms with Gasteiger partial charge < -0.3 is 15.7 Å². The fraction of sp³-hybridized carbons (Fsp3) is 0.385. The number of amides is 1. The van der Waals surface area contributed by atoms with Gasteiger partial charge in [-0.15, -0.1) is 5.10 Å². The Hall–Kier alpha value is -2.48. The van der Waals surface area contributed by atoms with Crippen LogP contribution in [0.5, 0.6) is 5.75 Å². The van der Waals surface area contributed by atoms with Crippen LogP contribution in [0.25, 0.3) is 0 Å². The molecule has 2 aromatic rings. The molecule has 0 spiro atoms. The molecule has 0 bridgehead atoms. The fourth-order valence-corrected chi connectivity index (χ4v) is 2.30. The van der Waals surface area contributed by atoms with Gasteiger partial charge in [0.15, 0.2) is 17.3 Å². The highest BCUT2D eigenvalue weighted by molar-refractivity contribution is 6.02. The molecule has 0 saturated carbocycles. The first kappa shape index (κ1) is 13.5. The van der Waals surface area contributed by atoms with Crippen LogP contribution in [0.2, 0.25) is 0 Å². The standard InChI is InChI=1S/C13H16N6O2/c20-11-2-1-5-15-12(11)16-13(21)10-8-19(18-17-10)9-3-6-14-7-4-9/h1-2,5,8-9,14,20H,3-4,6-7H2,(H,15,16,21). The van der Waals surface area contributed by atoms with Crippen molar-refractivity contribution in [1.29, 1.82) is 0 Å². The summed E-state index contributed by atoms with van der Waals surface area (Å²) in [5, 5.41) is 23.3. The topological polar surface area (TPSA) is 105 Å². The van der Waals surface area contributed by atoms with Gasteiger partial charge in [-0.2, -0.15) is 0 Å². The summed E-state index contributed by atoms with van der Waals surface area (Å²) < 4.78 is 1.73. The first-order valence-electron chi connectivity index (χ1n) is 6.82. The van der Waals surface area contributed by atoms with Crippen molar-refractivity contribution >= 4 is 11.7 Å². The minimum atomic E-state index is -0.441. The van der Waals surface area contributed by atoms with Crippen LogP contribution in [-0.2, 0) is 0 Å². The highest BCUT2D eigenvalue weighted by atomic mass is 16.3. The summed E-state index contributed by atoms with van der Waals surface area (Å²) in [6.07, 6.45) is 5.05. The Morgan fingerprint density at radius 3 is 3.00 bits per heavy atom. The molecule has 1 fully saturated rings. The summed E-state index contributed by atoms with van der Waals surface area (Å²) in [5.74, 6) is -0.417. The molecular formula is C13H16N6O2. The van der Waals surface area contributed by atoms with E-state index in [1.54, 1.807) is 16.9 Å². The third-order valence-electron chi connectivity index (χ3n) is 3.44. The number of carbonyl (C=O) groups is 1. The van der Waals surface area contributed by atoms with Crippen LogP contribution in [0, 0.1) is 0 Å². The molecule has 1 aliphatic rings. The smallest absolute Gasteiger partial charge is 0.279 e. The lowest BCUT2D eigenvalue weighted by atomic mass is 10.1. The molecule has 3 heterocycles. The van der Waals surface area contributed by atoms with Crippen LogP contribution in [-0.4, -0.2) is 44.1 Å². The van der Waals surface area contributed by atoms with Gasteiger partial charge in [0.05, 0.1) is 12.2 Å². The van der Waals surface area contributed by atoms with Crippen LogP contribution in [0.4, 0.5) is 5.82 Å². The van der Waals surface area contributed by atoms with Crippen molar-refractivity contribution in [3.05, 3.63) is 30.2 Å². The molecular weight excluding hydrogens is 272 g/mol. The Kier molecular flexibility index (Phi) is 3.78. The third-order valence-corrected chi connectivity index (χ3v) is 3.44. The van der Waals surface area contributed by atoms with E-state index in [1.807, 2.05) is 0 Å². The van der Waals surface area contributed by atoms with Gasteiger partial charge in [-0.25, -0.2) is 9.67 Å². The molecule has 0 unspecified atom stereocenters. The van der Waals surface area contributed by atoms with E-state index in [4.69, 9.17) is 0 Å². The number of pyridine rings is 1. The molecule has 21 heavy (non-hydrogen) atoms. The van der Waals surface area contributed by atoms with Gasteiger partial charge >= 0.3 is 0 Å². The van der Waals surface area contributed by atoms with E-state index in [9.17, 15) is 9.90 Å². The summed E-state index contributed by atoms with van der Waals surface area (Å²) in [5.41, 5.74) is 0.207. The maximum absolute atomic E-state index is 12.1. The number of carbonyl (C=O) groups excluding carboxylic acids is 1. The second kappa shape index (κ2) is 5.88. The van der Waals surface area contributed by atoms with E-state index < -0.39 is 5.91 Å². The average Bonchev–Trinajstić information content (AvgIpc) is 3.00. The first-order valence-corrected chi connectivity index (χ1v) is 6.82. The molecule has 0 aromatic carbocycles.